The maximum absolute atomic E-state index is 11.9. The molecule has 1 heterocycles. The van der Waals surface area contributed by atoms with Crippen LogP contribution < -0.4 is 5.32 Å². The number of nitrogens with one attached hydrogen (secondary N) is 1. The summed E-state index contributed by atoms with van der Waals surface area (Å²) in [6.45, 7) is 2.23. The van der Waals surface area contributed by atoms with E-state index < -0.39 is 18.1 Å². The monoisotopic (exact) mass is 321 g/mol. The Balaban J connectivity index is 0.00000400. The van der Waals surface area contributed by atoms with E-state index >= 15 is 0 Å². The SMILES string of the molecule is CC(NC(=O)CN1CCCCC1C(=O)O)C(=O)N(C)C.Cl. The van der Waals surface area contributed by atoms with E-state index in [0.717, 1.165) is 12.8 Å². The van der Waals surface area contributed by atoms with Crippen LogP contribution >= 0.6 is 12.4 Å². The average Bonchev–Trinajstić information content (AvgIpc) is 2.37. The lowest BCUT2D eigenvalue weighted by Gasteiger charge is -2.32. The van der Waals surface area contributed by atoms with Crippen molar-refractivity contribution >= 4 is 30.2 Å². The van der Waals surface area contributed by atoms with Crippen LogP contribution in [0.4, 0.5) is 0 Å². The molecule has 8 heteroatoms. The Morgan fingerprint density at radius 3 is 2.48 bits per heavy atom. The van der Waals surface area contributed by atoms with Crippen LogP contribution in [0.3, 0.4) is 0 Å². The smallest absolute Gasteiger partial charge is 0.320 e. The van der Waals surface area contributed by atoms with Crippen LogP contribution in [0, 0.1) is 0 Å². The van der Waals surface area contributed by atoms with Crippen LogP contribution in [0.2, 0.25) is 0 Å². The lowest BCUT2D eigenvalue weighted by Crippen LogP contribution is -2.52. The minimum Gasteiger partial charge on any atom is -0.480 e. The molecule has 1 aliphatic heterocycles. The summed E-state index contributed by atoms with van der Waals surface area (Å²) in [4.78, 5) is 37.7. The number of carboxylic acids is 1. The maximum Gasteiger partial charge on any atom is 0.320 e. The Morgan fingerprint density at radius 2 is 1.95 bits per heavy atom. The number of likely N-dealkylation sites (tertiary alicyclic amines) is 1. The Labute approximate surface area is 131 Å². The number of piperidine rings is 1. The molecule has 21 heavy (non-hydrogen) atoms. The fourth-order valence-corrected chi connectivity index (χ4v) is 2.38. The molecule has 1 saturated heterocycles. The van der Waals surface area contributed by atoms with Crippen LogP contribution in [-0.2, 0) is 14.4 Å². The molecule has 0 aromatic carbocycles. The lowest BCUT2D eigenvalue weighted by molar-refractivity contribution is -0.145. The molecule has 2 N–H and O–H groups in total. The number of nitrogens with zero attached hydrogens (tertiary/aromatic N) is 2. The van der Waals surface area contributed by atoms with Crippen molar-refractivity contribution in [1.82, 2.24) is 15.1 Å². The fourth-order valence-electron chi connectivity index (χ4n) is 2.38. The van der Waals surface area contributed by atoms with Crippen LogP contribution in [0.25, 0.3) is 0 Å². The number of carbonyl (C=O) groups excluding carboxylic acids is 2. The molecule has 122 valence electrons. The number of amides is 2. The van der Waals surface area contributed by atoms with Gasteiger partial charge in [0.15, 0.2) is 0 Å². The third-order valence-corrected chi connectivity index (χ3v) is 3.43. The Hall–Kier alpha value is -1.34. The van der Waals surface area contributed by atoms with E-state index in [9.17, 15) is 14.4 Å². The largest absolute Gasteiger partial charge is 0.480 e. The van der Waals surface area contributed by atoms with E-state index in [0.29, 0.717) is 13.0 Å². The molecule has 0 aliphatic carbocycles. The van der Waals surface area contributed by atoms with Crippen molar-refractivity contribution in [3.8, 4) is 0 Å². The zero-order chi connectivity index (χ0) is 15.3. The second kappa shape index (κ2) is 8.84. The zero-order valence-corrected chi connectivity index (χ0v) is 13.5. The molecule has 7 nitrogen and oxygen atoms in total. The predicted octanol–water partition coefficient (Wildman–Crippen LogP) is -0.0598. The highest BCUT2D eigenvalue weighted by Crippen LogP contribution is 2.16. The van der Waals surface area contributed by atoms with Gasteiger partial charge in [0.2, 0.25) is 11.8 Å². The Morgan fingerprint density at radius 1 is 1.33 bits per heavy atom. The highest BCUT2D eigenvalue weighted by Gasteiger charge is 2.30. The summed E-state index contributed by atoms with van der Waals surface area (Å²) in [6.07, 6.45) is 2.32. The van der Waals surface area contributed by atoms with Crippen molar-refractivity contribution in [3.63, 3.8) is 0 Å². The molecular formula is C13H24ClN3O4. The van der Waals surface area contributed by atoms with Crippen LogP contribution in [0.5, 0.6) is 0 Å². The molecule has 0 radical (unpaired) electrons. The van der Waals surface area contributed by atoms with Gasteiger partial charge in [-0.25, -0.2) is 0 Å². The molecule has 0 spiro atoms. The predicted molar refractivity (Wildman–Crippen MR) is 80.4 cm³/mol. The van der Waals surface area contributed by atoms with Gasteiger partial charge in [-0.3, -0.25) is 19.3 Å². The molecule has 2 atom stereocenters. The Kier molecular flexibility index (Phi) is 8.27. The number of hydrogen-bond donors (Lipinski definition) is 2. The third kappa shape index (κ3) is 5.89. The van der Waals surface area contributed by atoms with Gasteiger partial charge in [-0.1, -0.05) is 6.42 Å². The minimum atomic E-state index is -0.894. The van der Waals surface area contributed by atoms with Crippen LogP contribution in [-0.4, -0.2) is 72.0 Å². The van der Waals surface area contributed by atoms with Crippen molar-refractivity contribution < 1.29 is 19.5 Å². The van der Waals surface area contributed by atoms with Gasteiger partial charge < -0.3 is 15.3 Å². The zero-order valence-electron chi connectivity index (χ0n) is 12.7. The lowest BCUT2D eigenvalue weighted by atomic mass is 10.0. The quantitative estimate of drug-likeness (QED) is 0.740. The molecule has 1 aliphatic rings. The van der Waals surface area contributed by atoms with E-state index in [4.69, 9.17) is 5.11 Å². The fraction of sp³-hybridized carbons (Fsp3) is 0.769. The molecule has 2 amide bonds. The first-order chi connectivity index (χ1) is 9.32. The Bertz CT molecular complexity index is 390. The van der Waals surface area contributed by atoms with Gasteiger partial charge in [-0.2, -0.15) is 0 Å². The molecule has 1 rings (SSSR count). The van der Waals surface area contributed by atoms with Gasteiger partial charge >= 0.3 is 5.97 Å². The first-order valence-corrected chi connectivity index (χ1v) is 6.80. The van der Waals surface area contributed by atoms with Crippen LogP contribution in [0.15, 0.2) is 0 Å². The first kappa shape index (κ1) is 19.7. The van der Waals surface area contributed by atoms with Crippen molar-refractivity contribution in [1.29, 1.82) is 0 Å². The summed E-state index contributed by atoms with van der Waals surface area (Å²) in [5, 5.41) is 11.7. The van der Waals surface area contributed by atoms with E-state index in [2.05, 4.69) is 5.32 Å². The van der Waals surface area contributed by atoms with Crippen molar-refractivity contribution in [2.24, 2.45) is 0 Å². The van der Waals surface area contributed by atoms with Crippen molar-refractivity contribution in [3.05, 3.63) is 0 Å². The molecule has 0 aromatic rings. The van der Waals surface area contributed by atoms with Gasteiger partial charge in [0.1, 0.15) is 12.1 Å². The summed E-state index contributed by atoms with van der Waals surface area (Å²) < 4.78 is 0. The van der Waals surface area contributed by atoms with E-state index in [1.54, 1.807) is 25.9 Å². The molecule has 1 fully saturated rings. The summed E-state index contributed by atoms with van der Waals surface area (Å²) >= 11 is 0. The van der Waals surface area contributed by atoms with Gasteiger partial charge in [-0.05, 0) is 26.3 Å². The van der Waals surface area contributed by atoms with Gasteiger partial charge in [0, 0.05) is 14.1 Å². The van der Waals surface area contributed by atoms with E-state index in [-0.39, 0.29) is 30.8 Å². The van der Waals surface area contributed by atoms with Gasteiger partial charge in [-0.15, -0.1) is 12.4 Å². The number of aliphatic carboxylic acids is 1. The maximum atomic E-state index is 11.9. The first-order valence-electron chi connectivity index (χ1n) is 6.80. The molecule has 0 aromatic heterocycles. The standard InChI is InChI=1S/C13H23N3O4.ClH/c1-9(12(18)15(2)3)14-11(17)8-16-7-5-4-6-10(16)13(19)20;/h9-10H,4-8H2,1-3H3,(H,14,17)(H,19,20);1H. The van der Waals surface area contributed by atoms with E-state index in [1.165, 1.54) is 4.90 Å². The van der Waals surface area contributed by atoms with E-state index in [1.807, 2.05) is 0 Å². The molecule has 0 saturated carbocycles. The van der Waals surface area contributed by atoms with Crippen molar-refractivity contribution in [2.75, 3.05) is 27.2 Å². The minimum absolute atomic E-state index is 0. The number of halogens is 1. The topological polar surface area (TPSA) is 90.0 Å². The molecular weight excluding hydrogens is 298 g/mol. The summed E-state index contributed by atoms with van der Waals surface area (Å²) in [5.74, 6) is -1.40. The average molecular weight is 322 g/mol. The van der Waals surface area contributed by atoms with Gasteiger partial charge in [0.25, 0.3) is 0 Å². The summed E-state index contributed by atoms with van der Waals surface area (Å²) in [5.41, 5.74) is 0. The highest BCUT2D eigenvalue weighted by molar-refractivity contribution is 5.88. The molecule has 0 bridgehead atoms. The number of rotatable bonds is 5. The highest BCUT2D eigenvalue weighted by atomic mass is 35.5. The summed E-state index contributed by atoms with van der Waals surface area (Å²) in [6, 6.07) is -1.21. The number of hydrogen-bond acceptors (Lipinski definition) is 4. The number of carboxylic acid groups (broad SMARTS) is 1. The second-order valence-electron chi connectivity index (χ2n) is 5.34. The second-order valence-corrected chi connectivity index (χ2v) is 5.34. The summed E-state index contributed by atoms with van der Waals surface area (Å²) in [7, 11) is 3.24. The normalized spacial score (nSPS) is 20.0. The van der Waals surface area contributed by atoms with Crippen LogP contribution in [0.1, 0.15) is 26.2 Å². The third-order valence-electron chi connectivity index (χ3n) is 3.43. The number of likely N-dealkylation sites (N-methyl/N-ethyl adjacent to an activating group) is 1. The molecule has 2 unspecified atom stereocenters. The van der Waals surface area contributed by atoms with Gasteiger partial charge in [0.05, 0.1) is 6.54 Å². The number of carbonyl (C=O) groups is 3. The van der Waals surface area contributed by atoms with Crippen molar-refractivity contribution in [2.45, 2.75) is 38.3 Å².